The summed E-state index contributed by atoms with van der Waals surface area (Å²) in [6, 6.07) is 0. The Hall–Kier alpha value is -2.41. The molecule has 4 rings (SSSR count). The second-order valence-corrected chi connectivity index (χ2v) is 16.7. The Morgan fingerprint density at radius 1 is 1.04 bits per heavy atom. The summed E-state index contributed by atoms with van der Waals surface area (Å²) in [5.41, 5.74) is -1.33. The molecule has 0 spiro atoms. The highest BCUT2D eigenvalue weighted by Crippen LogP contribution is 2.50. The zero-order valence-corrected chi connectivity index (χ0v) is 33.8. The number of halogens is 1. The number of rotatable bonds is 4. The summed E-state index contributed by atoms with van der Waals surface area (Å²) in [5.74, 6) is -5.94. The molecule has 6 bridgehead atoms. The monoisotopic (exact) mass is 862 g/mol. The molecule has 4 aliphatic rings. The Morgan fingerprint density at radius 3 is 2.36 bits per heavy atom. The smallest absolute Gasteiger partial charge is 0.367 e. The van der Waals surface area contributed by atoms with Crippen LogP contribution in [-0.4, -0.2) is 105 Å². The summed E-state index contributed by atoms with van der Waals surface area (Å²) in [4.78, 5) is 50.3. The Kier molecular flexibility index (Phi) is 14.0. The Bertz CT molecular complexity index is 1450. The van der Waals surface area contributed by atoms with Gasteiger partial charge in [0.1, 0.15) is 12.2 Å². The van der Waals surface area contributed by atoms with Crippen molar-refractivity contribution < 1.29 is 67.7 Å². The molecule has 4 aliphatic heterocycles. The van der Waals surface area contributed by atoms with Gasteiger partial charge >= 0.3 is 21.9 Å². The van der Waals surface area contributed by atoms with E-state index in [1.807, 2.05) is 0 Å². The van der Waals surface area contributed by atoms with Crippen LogP contribution < -0.4 is 0 Å². The number of carbonyl (C=O) groups excluding carboxylic acids is 4. The van der Waals surface area contributed by atoms with E-state index in [2.05, 4.69) is 6.58 Å². The van der Waals surface area contributed by atoms with Crippen LogP contribution in [0.15, 0.2) is 36.0 Å². The SMILES string of the molecule is C=C1C[C@H]2C[C@]3(O)OC(CCCC(=O)OC([C@@H](C)O)CC4C/C(=C\C(=O)OC)[C@H](OC(=O)I)C(O)(O4)C(C)(C)/C=C/[C@@H](C1)O2)CC(OC(C)=O)C3(C)C. The summed E-state index contributed by atoms with van der Waals surface area (Å²) in [7, 11) is 1.19. The van der Waals surface area contributed by atoms with Crippen LogP contribution in [-0.2, 0) is 47.5 Å². The zero-order valence-electron chi connectivity index (χ0n) is 31.6. The molecule has 3 fully saturated rings. The van der Waals surface area contributed by atoms with Crippen LogP contribution in [0, 0.1) is 10.8 Å². The molecule has 0 amide bonds. The van der Waals surface area contributed by atoms with Gasteiger partial charge in [-0.15, -0.1) is 0 Å². The Labute approximate surface area is 324 Å². The molecule has 10 atom stereocenters. The summed E-state index contributed by atoms with van der Waals surface area (Å²) in [5, 5.41) is 35.5. The highest BCUT2D eigenvalue weighted by Gasteiger charge is 2.59. The van der Waals surface area contributed by atoms with Crippen molar-refractivity contribution in [3.8, 4) is 0 Å². The zero-order chi connectivity index (χ0) is 39.5. The number of hydrogen-bond donors (Lipinski definition) is 3. The molecule has 14 nitrogen and oxygen atoms in total. The second-order valence-electron chi connectivity index (χ2n) is 15.8. The lowest BCUT2D eigenvalue weighted by Gasteiger charge is -2.53. The van der Waals surface area contributed by atoms with E-state index < -0.39 is 93.1 Å². The molecule has 0 aromatic rings. The Morgan fingerprint density at radius 2 is 1.74 bits per heavy atom. The predicted octanol–water partition coefficient (Wildman–Crippen LogP) is 4.88. The maximum atomic E-state index is 13.2. The molecule has 0 aromatic carbocycles. The van der Waals surface area contributed by atoms with Gasteiger partial charge in [0.15, 0.2) is 11.9 Å². The van der Waals surface area contributed by atoms with Crippen molar-refractivity contribution in [3.63, 3.8) is 0 Å². The lowest BCUT2D eigenvalue weighted by molar-refractivity contribution is -0.347. The normalized spacial score (nSPS) is 38.4. The number of methoxy groups -OCH3 is 1. The molecule has 3 saturated heterocycles. The van der Waals surface area contributed by atoms with Gasteiger partial charge in [0.05, 0.1) is 65.6 Å². The maximum absolute atomic E-state index is 13.2. The average molecular weight is 863 g/mol. The molecular formula is C38H55IO14. The quantitative estimate of drug-likeness (QED) is 0.0865. The molecule has 3 N–H and O–H groups in total. The molecule has 53 heavy (non-hydrogen) atoms. The van der Waals surface area contributed by atoms with Crippen molar-refractivity contribution in [2.75, 3.05) is 7.11 Å². The van der Waals surface area contributed by atoms with Crippen molar-refractivity contribution >= 4 is 44.5 Å². The fourth-order valence-electron chi connectivity index (χ4n) is 7.68. The van der Waals surface area contributed by atoms with Crippen LogP contribution in [0.25, 0.3) is 0 Å². The summed E-state index contributed by atoms with van der Waals surface area (Å²) < 4.78 is 40.5. The number of hydrogen-bond acceptors (Lipinski definition) is 14. The van der Waals surface area contributed by atoms with Crippen LogP contribution in [0.2, 0.25) is 0 Å². The number of esters is 3. The lowest BCUT2D eigenvalue weighted by Crippen LogP contribution is -2.62. The highest BCUT2D eigenvalue weighted by molar-refractivity contribution is 14.1. The third-order valence-corrected chi connectivity index (χ3v) is 11.2. The van der Waals surface area contributed by atoms with Gasteiger partial charge in [-0.25, -0.2) is 9.59 Å². The number of aliphatic hydroxyl groups excluding tert-OH is 1. The fourth-order valence-corrected chi connectivity index (χ4v) is 7.94. The van der Waals surface area contributed by atoms with Crippen LogP contribution in [0.1, 0.15) is 99.3 Å². The van der Waals surface area contributed by atoms with E-state index in [-0.39, 0.29) is 31.3 Å². The van der Waals surface area contributed by atoms with E-state index in [4.69, 9.17) is 33.2 Å². The van der Waals surface area contributed by atoms with E-state index in [0.717, 1.165) is 11.6 Å². The molecule has 298 valence electrons. The number of aliphatic hydroxyl groups is 3. The van der Waals surface area contributed by atoms with E-state index in [1.165, 1.54) is 43.5 Å². The number of cyclic esters (lactones) is 1. The standard InChI is InChI=1S/C38H55IO14/c1-21-14-25-12-13-35(4,5)38(46)33(51-34(39)44)24(17-32(43)47-8)16-27(53-38)18-29(22(2)40)50-31(42)11-9-10-26-19-30(48-23(3)41)36(6,7)37(45,52-26)20-28(15-21)49-25/h12-13,17,22,25-30,33,40,45-46H,1,9-11,14-16,18-20H2,2-8H3/b13-12+,24-17+/t22-,25+,26?,27?,28+,29?,30?,33+,37+,38?/m1/s1. The minimum absolute atomic E-state index is 0.0171. The lowest BCUT2D eigenvalue weighted by atomic mass is 9.70. The van der Waals surface area contributed by atoms with Gasteiger partial charge in [-0.05, 0) is 44.6 Å². The summed E-state index contributed by atoms with van der Waals surface area (Å²) >= 11 is 1.43. The van der Waals surface area contributed by atoms with Gasteiger partial charge in [-0.2, -0.15) is 0 Å². The molecule has 0 aliphatic carbocycles. The second kappa shape index (κ2) is 17.2. The topological polar surface area (TPSA) is 194 Å². The third-order valence-electron chi connectivity index (χ3n) is 10.9. The molecule has 5 unspecified atom stereocenters. The van der Waals surface area contributed by atoms with Crippen molar-refractivity contribution in [1.29, 1.82) is 0 Å². The molecule has 4 heterocycles. The van der Waals surface area contributed by atoms with Gasteiger partial charge in [0, 0.05) is 44.1 Å². The van der Waals surface area contributed by atoms with Gasteiger partial charge in [-0.3, -0.25) is 9.59 Å². The number of fused-ring (bicyclic) bond motifs is 6. The van der Waals surface area contributed by atoms with E-state index in [1.54, 1.807) is 39.8 Å². The molecule has 15 heteroatoms. The summed E-state index contributed by atoms with van der Waals surface area (Å²) in [6.45, 7) is 13.9. The first kappa shape index (κ1) is 43.3. The fraction of sp³-hybridized carbons (Fsp3) is 0.737. The highest BCUT2D eigenvalue weighted by atomic mass is 127. The van der Waals surface area contributed by atoms with Crippen LogP contribution in [0.3, 0.4) is 0 Å². The minimum Gasteiger partial charge on any atom is -0.466 e. The van der Waals surface area contributed by atoms with Crippen molar-refractivity contribution in [3.05, 3.63) is 36.0 Å². The third kappa shape index (κ3) is 10.3. The molecule has 0 aromatic heterocycles. The van der Waals surface area contributed by atoms with E-state index >= 15 is 0 Å². The van der Waals surface area contributed by atoms with Crippen LogP contribution >= 0.6 is 22.6 Å². The minimum atomic E-state index is -2.29. The van der Waals surface area contributed by atoms with Gasteiger partial charge in [0.2, 0.25) is 5.79 Å². The largest absolute Gasteiger partial charge is 0.466 e. The van der Waals surface area contributed by atoms with Gasteiger partial charge in [-0.1, -0.05) is 52.0 Å². The van der Waals surface area contributed by atoms with Crippen molar-refractivity contribution in [2.24, 2.45) is 10.8 Å². The first-order valence-corrected chi connectivity index (χ1v) is 19.2. The van der Waals surface area contributed by atoms with E-state index in [0.29, 0.717) is 32.1 Å². The number of ether oxygens (including phenoxy) is 7. The van der Waals surface area contributed by atoms with Gasteiger partial charge < -0.3 is 48.5 Å². The van der Waals surface area contributed by atoms with Crippen molar-refractivity contribution in [1.82, 2.24) is 0 Å². The first-order valence-electron chi connectivity index (χ1n) is 18.1. The predicted molar refractivity (Wildman–Crippen MR) is 197 cm³/mol. The number of carbonyl (C=O) groups is 4. The molecule has 0 saturated carbocycles. The van der Waals surface area contributed by atoms with Crippen LogP contribution in [0.4, 0.5) is 4.79 Å². The summed E-state index contributed by atoms with van der Waals surface area (Å²) in [6.07, 6.45) is -0.762. The maximum Gasteiger partial charge on any atom is 0.367 e. The molecule has 0 radical (unpaired) electrons. The molecular weight excluding hydrogens is 807 g/mol. The van der Waals surface area contributed by atoms with Crippen LogP contribution in [0.5, 0.6) is 0 Å². The Balaban J connectivity index is 1.79. The average Bonchev–Trinajstić information content (AvgIpc) is 3.03. The van der Waals surface area contributed by atoms with Crippen molar-refractivity contribution in [2.45, 2.75) is 160 Å². The van der Waals surface area contributed by atoms with E-state index in [9.17, 15) is 34.5 Å². The first-order chi connectivity index (χ1) is 24.6. The van der Waals surface area contributed by atoms with Gasteiger partial charge in [0.25, 0.3) is 0 Å².